The van der Waals surface area contributed by atoms with Gasteiger partial charge in [-0.2, -0.15) is 0 Å². The molecule has 1 atom stereocenters. The predicted molar refractivity (Wildman–Crippen MR) is 83.9 cm³/mol. The number of likely N-dealkylation sites (tertiary alicyclic amines) is 1. The van der Waals surface area contributed by atoms with Gasteiger partial charge >= 0.3 is 0 Å². The number of hydrogen-bond donors (Lipinski definition) is 0. The second-order valence-electron chi connectivity index (χ2n) is 4.91. The Labute approximate surface area is 138 Å². The summed E-state index contributed by atoms with van der Waals surface area (Å²) in [7, 11) is 1.26. The topological polar surface area (TPSA) is 54.5 Å². The van der Waals surface area contributed by atoms with E-state index in [2.05, 4.69) is 0 Å². The number of carbonyl (C=O) groups excluding carboxylic acids is 1. The van der Waals surface area contributed by atoms with Crippen molar-refractivity contribution in [3.8, 4) is 0 Å². The van der Waals surface area contributed by atoms with Crippen molar-refractivity contribution in [3.05, 3.63) is 27.7 Å². The first-order chi connectivity index (χ1) is 9.75. The zero-order valence-corrected chi connectivity index (χ0v) is 14.4. The lowest BCUT2D eigenvalue weighted by Crippen LogP contribution is -2.35. The minimum absolute atomic E-state index is 0.0729. The Kier molecular flexibility index (Phi) is 5.08. The summed E-state index contributed by atoms with van der Waals surface area (Å²) in [5.74, 6) is -0.312. The van der Waals surface area contributed by atoms with Gasteiger partial charge in [-0.05, 0) is 31.4 Å². The van der Waals surface area contributed by atoms with Gasteiger partial charge in [0, 0.05) is 28.3 Å². The van der Waals surface area contributed by atoms with Gasteiger partial charge in [-0.1, -0.05) is 30.1 Å². The second-order valence-corrected chi connectivity index (χ2v) is 8.25. The SMILES string of the molecule is CCC1CCCN1C(=O)c1cc(Cl)cc(S(=O)(=O)Cl)c1Cl. The summed E-state index contributed by atoms with van der Waals surface area (Å²) in [6, 6.07) is 2.66. The van der Waals surface area contributed by atoms with Crippen LogP contribution in [0.15, 0.2) is 17.0 Å². The number of amides is 1. The van der Waals surface area contributed by atoms with Crippen LogP contribution in [-0.4, -0.2) is 31.8 Å². The van der Waals surface area contributed by atoms with E-state index >= 15 is 0 Å². The Bertz CT molecular complexity index is 675. The summed E-state index contributed by atoms with van der Waals surface area (Å²) in [5.41, 5.74) is 0.0729. The maximum absolute atomic E-state index is 12.6. The van der Waals surface area contributed by atoms with Gasteiger partial charge in [0.1, 0.15) is 4.90 Å². The largest absolute Gasteiger partial charge is 0.336 e. The molecular weight excluding hydrogens is 357 g/mol. The third kappa shape index (κ3) is 3.47. The lowest BCUT2D eigenvalue weighted by Gasteiger charge is -2.24. The van der Waals surface area contributed by atoms with Gasteiger partial charge in [0.25, 0.3) is 15.0 Å². The third-order valence-corrected chi connectivity index (χ3v) is 5.69. The minimum atomic E-state index is -4.07. The molecule has 1 fully saturated rings. The fourth-order valence-electron chi connectivity index (χ4n) is 2.58. The Morgan fingerprint density at radius 2 is 2.05 bits per heavy atom. The van der Waals surface area contributed by atoms with Gasteiger partial charge in [0.15, 0.2) is 0 Å². The van der Waals surface area contributed by atoms with E-state index in [4.69, 9.17) is 33.9 Å². The highest BCUT2D eigenvalue weighted by atomic mass is 35.7. The van der Waals surface area contributed by atoms with Crippen LogP contribution in [0.4, 0.5) is 0 Å². The third-order valence-electron chi connectivity index (χ3n) is 3.61. The number of halogens is 3. The second kappa shape index (κ2) is 6.32. The van der Waals surface area contributed by atoms with Crippen LogP contribution in [0.25, 0.3) is 0 Å². The van der Waals surface area contributed by atoms with Crippen LogP contribution in [-0.2, 0) is 9.05 Å². The zero-order valence-electron chi connectivity index (χ0n) is 11.3. The highest BCUT2D eigenvalue weighted by Gasteiger charge is 2.31. The van der Waals surface area contributed by atoms with Crippen molar-refractivity contribution in [2.75, 3.05) is 6.54 Å². The van der Waals surface area contributed by atoms with Crippen molar-refractivity contribution in [3.63, 3.8) is 0 Å². The van der Waals surface area contributed by atoms with E-state index in [0.29, 0.717) is 6.54 Å². The minimum Gasteiger partial charge on any atom is -0.336 e. The van der Waals surface area contributed by atoms with Crippen molar-refractivity contribution in [1.82, 2.24) is 4.90 Å². The molecule has 0 bridgehead atoms. The summed E-state index contributed by atoms with van der Waals surface area (Å²) in [6.45, 7) is 2.63. The molecule has 2 rings (SSSR count). The van der Waals surface area contributed by atoms with Crippen LogP contribution in [0.5, 0.6) is 0 Å². The number of benzene rings is 1. The van der Waals surface area contributed by atoms with Gasteiger partial charge in [-0.15, -0.1) is 0 Å². The van der Waals surface area contributed by atoms with Crippen LogP contribution in [0.1, 0.15) is 36.5 Å². The summed E-state index contributed by atoms with van der Waals surface area (Å²) in [4.78, 5) is 14.0. The van der Waals surface area contributed by atoms with Crippen LogP contribution in [0, 0.1) is 0 Å². The van der Waals surface area contributed by atoms with Crippen molar-refractivity contribution in [2.24, 2.45) is 0 Å². The Morgan fingerprint density at radius 1 is 1.38 bits per heavy atom. The highest BCUT2D eigenvalue weighted by Crippen LogP contribution is 2.33. The molecule has 1 aromatic carbocycles. The predicted octanol–water partition coefficient (Wildman–Crippen LogP) is 3.94. The lowest BCUT2D eigenvalue weighted by atomic mass is 10.1. The molecule has 0 aromatic heterocycles. The monoisotopic (exact) mass is 369 g/mol. The highest BCUT2D eigenvalue weighted by molar-refractivity contribution is 8.13. The molecular formula is C13H14Cl3NO3S. The van der Waals surface area contributed by atoms with E-state index in [-0.39, 0.29) is 32.5 Å². The molecule has 21 heavy (non-hydrogen) atoms. The smallest absolute Gasteiger partial charge is 0.262 e. The number of rotatable bonds is 3. The number of carbonyl (C=O) groups is 1. The number of nitrogens with zero attached hydrogens (tertiary/aromatic N) is 1. The Balaban J connectivity index is 2.49. The van der Waals surface area contributed by atoms with Crippen LogP contribution in [0.3, 0.4) is 0 Å². The van der Waals surface area contributed by atoms with Gasteiger partial charge in [0.05, 0.1) is 10.6 Å². The summed E-state index contributed by atoms with van der Waals surface area (Å²) in [5, 5.41) is -0.0737. The molecule has 0 aliphatic carbocycles. The standard InChI is InChI=1S/C13H14Cl3NO3S/c1-2-9-4-3-5-17(9)13(18)10-6-8(14)7-11(12(10)15)21(16,19)20/h6-7,9H,2-5H2,1H3. The molecule has 0 saturated carbocycles. The summed E-state index contributed by atoms with van der Waals surface area (Å²) in [6.07, 6.45) is 2.69. The molecule has 0 radical (unpaired) electrons. The first-order valence-electron chi connectivity index (χ1n) is 6.50. The van der Waals surface area contributed by atoms with E-state index in [1.54, 1.807) is 4.90 Å². The molecule has 1 saturated heterocycles. The molecule has 1 unspecified atom stereocenters. The van der Waals surface area contributed by atoms with E-state index in [1.165, 1.54) is 6.07 Å². The molecule has 8 heteroatoms. The fraction of sp³-hybridized carbons (Fsp3) is 0.462. The van der Waals surface area contributed by atoms with E-state index < -0.39 is 9.05 Å². The van der Waals surface area contributed by atoms with Gasteiger partial charge in [0.2, 0.25) is 0 Å². The Hall–Kier alpha value is -0.490. The maximum Gasteiger partial charge on any atom is 0.262 e. The van der Waals surface area contributed by atoms with Crippen LogP contribution in [0.2, 0.25) is 10.0 Å². The van der Waals surface area contributed by atoms with Crippen LogP contribution < -0.4 is 0 Å². The molecule has 1 aliphatic rings. The summed E-state index contributed by atoms with van der Waals surface area (Å²) >= 11 is 12.0. The normalized spacial score (nSPS) is 19.0. The fourth-order valence-corrected chi connectivity index (χ4v) is 4.43. The zero-order chi connectivity index (χ0) is 15.8. The average Bonchev–Trinajstić information content (AvgIpc) is 2.87. The maximum atomic E-state index is 12.6. The first-order valence-corrected chi connectivity index (χ1v) is 9.57. The summed E-state index contributed by atoms with van der Waals surface area (Å²) < 4.78 is 23.0. The van der Waals surface area contributed by atoms with E-state index in [9.17, 15) is 13.2 Å². The van der Waals surface area contributed by atoms with Gasteiger partial charge in [-0.25, -0.2) is 8.42 Å². The molecule has 116 valence electrons. The average molecular weight is 371 g/mol. The van der Waals surface area contributed by atoms with Crippen LogP contribution >= 0.6 is 33.9 Å². The quantitative estimate of drug-likeness (QED) is 0.757. The first kappa shape index (κ1) is 16.9. The van der Waals surface area contributed by atoms with E-state index in [1.807, 2.05) is 6.92 Å². The molecule has 0 spiro atoms. The van der Waals surface area contributed by atoms with Crippen molar-refractivity contribution in [2.45, 2.75) is 37.1 Å². The van der Waals surface area contributed by atoms with Crippen molar-refractivity contribution >= 4 is 48.8 Å². The Morgan fingerprint density at radius 3 is 2.62 bits per heavy atom. The molecule has 1 heterocycles. The molecule has 4 nitrogen and oxygen atoms in total. The molecule has 0 N–H and O–H groups in total. The molecule has 1 aromatic rings. The van der Waals surface area contributed by atoms with Crippen molar-refractivity contribution < 1.29 is 13.2 Å². The van der Waals surface area contributed by atoms with Crippen molar-refractivity contribution in [1.29, 1.82) is 0 Å². The van der Waals surface area contributed by atoms with Gasteiger partial charge in [-0.3, -0.25) is 4.79 Å². The van der Waals surface area contributed by atoms with E-state index in [0.717, 1.165) is 25.3 Å². The van der Waals surface area contributed by atoms with Gasteiger partial charge < -0.3 is 4.90 Å². The molecule has 1 aliphatic heterocycles. The lowest BCUT2D eigenvalue weighted by molar-refractivity contribution is 0.0733. The molecule has 1 amide bonds. The number of hydrogen-bond acceptors (Lipinski definition) is 3.